The van der Waals surface area contributed by atoms with Crippen LogP contribution in [0.3, 0.4) is 0 Å². The number of unbranched alkanes of at least 4 members (excludes halogenated alkanes) is 4. The van der Waals surface area contributed by atoms with Crippen molar-refractivity contribution in [1.82, 2.24) is 0 Å². The summed E-state index contributed by atoms with van der Waals surface area (Å²) in [7, 11) is 0. The van der Waals surface area contributed by atoms with Gasteiger partial charge in [-0.2, -0.15) is 0 Å². The lowest BCUT2D eigenvalue weighted by Gasteiger charge is -2.55. The van der Waals surface area contributed by atoms with Crippen molar-refractivity contribution < 1.29 is 9.53 Å². The van der Waals surface area contributed by atoms with Crippen LogP contribution in [0.5, 0.6) is 0 Å². The third-order valence-corrected chi connectivity index (χ3v) is 9.45. The maximum absolute atomic E-state index is 13.5. The minimum atomic E-state index is -0.177. The Morgan fingerprint density at radius 2 is 1.33 bits per heavy atom. The highest BCUT2D eigenvalue weighted by Crippen LogP contribution is 2.61. The van der Waals surface area contributed by atoms with Gasteiger partial charge in [-0.05, 0) is 69.1 Å². The van der Waals surface area contributed by atoms with E-state index < -0.39 is 0 Å². The second-order valence-electron chi connectivity index (χ2n) is 11.0. The monoisotopic (exact) mass is 418 g/mol. The fourth-order valence-corrected chi connectivity index (χ4v) is 7.68. The normalized spacial score (nSPS) is 30.1. The molecule has 0 amide bonds. The molecule has 3 saturated carbocycles. The van der Waals surface area contributed by atoms with Crippen LogP contribution in [0, 0.1) is 22.7 Å². The Morgan fingerprint density at radius 1 is 0.733 bits per heavy atom. The van der Waals surface area contributed by atoms with E-state index in [0.717, 1.165) is 24.7 Å². The molecule has 2 nitrogen and oxygen atoms in total. The Labute approximate surface area is 187 Å². The molecule has 0 bridgehead atoms. The Hall–Kier alpha value is -0.530. The molecule has 30 heavy (non-hydrogen) atoms. The third kappa shape index (κ3) is 5.44. The van der Waals surface area contributed by atoms with Crippen molar-refractivity contribution in [3.05, 3.63) is 0 Å². The highest BCUT2D eigenvalue weighted by atomic mass is 16.5. The molecule has 0 saturated heterocycles. The van der Waals surface area contributed by atoms with Gasteiger partial charge in [0.2, 0.25) is 0 Å². The SMILES string of the molecule is CCCCCCC[C@]1(C2(C(=O)OCC)CCCCC2)CC[C@@H](C2CCCCC2)CC1. The summed E-state index contributed by atoms with van der Waals surface area (Å²) < 4.78 is 5.81. The van der Waals surface area contributed by atoms with Crippen molar-refractivity contribution in [3.63, 3.8) is 0 Å². The van der Waals surface area contributed by atoms with Gasteiger partial charge in [0.1, 0.15) is 0 Å². The van der Waals surface area contributed by atoms with Gasteiger partial charge in [-0.3, -0.25) is 4.79 Å². The van der Waals surface area contributed by atoms with Crippen molar-refractivity contribution in [2.75, 3.05) is 6.61 Å². The molecular formula is C28H50O2. The first-order valence-electron chi connectivity index (χ1n) is 13.8. The fraction of sp³-hybridized carbons (Fsp3) is 0.964. The van der Waals surface area contributed by atoms with E-state index in [1.54, 1.807) is 0 Å². The van der Waals surface area contributed by atoms with E-state index in [4.69, 9.17) is 4.74 Å². The van der Waals surface area contributed by atoms with E-state index >= 15 is 0 Å². The summed E-state index contributed by atoms with van der Waals surface area (Å²) in [6.45, 7) is 4.83. The smallest absolute Gasteiger partial charge is 0.312 e. The zero-order chi connectivity index (χ0) is 21.3. The molecule has 0 N–H and O–H groups in total. The van der Waals surface area contributed by atoms with Gasteiger partial charge in [0, 0.05) is 0 Å². The van der Waals surface area contributed by atoms with Crippen LogP contribution >= 0.6 is 0 Å². The molecule has 0 atom stereocenters. The van der Waals surface area contributed by atoms with Gasteiger partial charge in [-0.1, -0.05) is 90.4 Å². The second-order valence-corrected chi connectivity index (χ2v) is 11.0. The minimum Gasteiger partial charge on any atom is -0.466 e. The molecule has 3 fully saturated rings. The molecule has 174 valence electrons. The number of esters is 1. The van der Waals surface area contributed by atoms with Gasteiger partial charge >= 0.3 is 5.97 Å². The summed E-state index contributed by atoms with van der Waals surface area (Å²) in [5.74, 6) is 2.09. The summed E-state index contributed by atoms with van der Waals surface area (Å²) in [6.07, 6.45) is 26.5. The summed E-state index contributed by atoms with van der Waals surface area (Å²) in [5.41, 5.74) is 0.0423. The Balaban J connectivity index is 1.75. The van der Waals surface area contributed by atoms with Crippen molar-refractivity contribution in [2.24, 2.45) is 22.7 Å². The number of ether oxygens (including phenoxy) is 1. The third-order valence-electron chi connectivity index (χ3n) is 9.45. The van der Waals surface area contributed by atoms with Crippen molar-refractivity contribution in [3.8, 4) is 0 Å². The predicted octanol–water partition coefficient (Wildman–Crippen LogP) is 8.62. The van der Waals surface area contributed by atoms with Crippen molar-refractivity contribution >= 4 is 5.97 Å². The molecule has 0 spiro atoms. The average molecular weight is 419 g/mol. The van der Waals surface area contributed by atoms with Crippen LogP contribution in [-0.2, 0) is 9.53 Å². The van der Waals surface area contributed by atoms with Gasteiger partial charge < -0.3 is 4.74 Å². The summed E-state index contributed by atoms with van der Waals surface area (Å²) in [4.78, 5) is 13.5. The number of rotatable bonds is 10. The molecule has 3 aliphatic carbocycles. The molecule has 0 aromatic heterocycles. The van der Waals surface area contributed by atoms with E-state index in [1.165, 1.54) is 116 Å². The molecule has 0 radical (unpaired) electrons. The molecule has 3 rings (SSSR count). The molecule has 0 heterocycles. The van der Waals surface area contributed by atoms with Crippen molar-refractivity contribution in [1.29, 1.82) is 0 Å². The Bertz CT molecular complexity index is 491. The highest BCUT2D eigenvalue weighted by Gasteiger charge is 2.57. The highest BCUT2D eigenvalue weighted by molar-refractivity contribution is 5.78. The van der Waals surface area contributed by atoms with Gasteiger partial charge in [0.25, 0.3) is 0 Å². The van der Waals surface area contributed by atoms with Crippen LogP contribution in [0.15, 0.2) is 0 Å². The Kier molecular flexibility index (Phi) is 9.58. The topological polar surface area (TPSA) is 26.3 Å². The van der Waals surface area contributed by atoms with Crippen LogP contribution in [0.1, 0.15) is 142 Å². The minimum absolute atomic E-state index is 0.175. The lowest BCUT2D eigenvalue weighted by Crippen LogP contribution is -2.52. The molecule has 0 aromatic rings. The van der Waals surface area contributed by atoms with E-state index in [-0.39, 0.29) is 16.8 Å². The maximum Gasteiger partial charge on any atom is 0.312 e. The second kappa shape index (κ2) is 11.9. The molecule has 0 aliphatic heterocycles. The number of hydrogen-bond acceptors (Lipinski definition) is 2. The van der Waals surface area contributed by atoms with Gasteiger partial charge in [0.15, 0.2) is 0 Å². The molecule has 0 unspecified atom stereocenters. The first-order valence-corrected chi connectivity index (χ1v) is 13.8. The lowest BCUT2D eigenvalue weighted by molar-refractivity contribution is -0.174. The fourth-order valence-electron chi connectivity index (χ4n) is 7.68. The van der Waals surface area contributed by atoms with E-state index in [1.807, 2.05) is 6.92 Å². The van der Waals surface area contributed by atoms with E-state index in [2.05, 4.69) is 6.92 Å². The maximum atomic E-state index is 13.5. The first kappa shape index (κ1) is 24.1. The largest absolute Gasteiger partial charge is 0.466 e. The Morgan fingerprint density at radius 3 is 1.97 bits per heavy atom. The molecule has 0 aromatic carbocycles. The van der Waals surface area contributed by atoms with Gasteiger partial charge in [-0.15, -0.1) is 0 Å². The number of carbonyl (C=O) groups is 1. The van der Waals surface area contributed by atoms with Crippen LogP contribution in [0.25, 0.3) is 0 Å². The zero-order valence-corrected chi connectivity index (χ0v) is 20.3. The van der Waals surface area contributed by atoms with Crippen LogP contribution in [0.2, 0.25) is 0 Å². The number of hydrogen-bond donors (Lipinski definition) is 0. The molecule has 2 heteroatoms. The zero-order valence-electron chi connectivity index (χ0n) is 20.3. The first-order chi connectivity index (χ1) is 14.7. The van der Waals surface area contributed by atoms with Crippen molar-refractivity contribution in [2.45, 2.75) is 142 Å². The lowest BCUT2D eigenvalue weighted by atomic mass is 9.49. The average Bonchev–Trinajstić information content (AvgIpc) is 2.80. The summed E-state index contributed by atoms with van der Waals surface area (Å²) in [6, 6.07) is 0. The summed E-state index contributed by atoms with van der Waals surface area (Å²) >= 11 is 0. The van der Waals surface area contributed by atoms with Crippen LogP contribution < -0.4 is 0 Å². The molecule has 3 aliphatic rings. The quantitative estimate of drug-likeness (QED) is 0.262. The van der Waals surface area contributed by atoms with Crippen LogP contribution in [-0.4, -0.2) is 12.6 Å². The van der Waals surface area contributed by atoms with E-state index in [9.17, 15) is 4.79 Å². The van der Waals surface area contributed by atoms with Crippen LogP contribution in [0.4, 0.5) is 0 Å². The molecular weight excluding hydrogens is 368 g/mol. The standard InChI is InChI=1S/C28H50O2/c1-3-5-6-7-12-19-27(28(26(29)30-4-2)20-13-9-14-21-28)22-17-25(18-23-27)24-15-10-8-11-16-24/h24-25H,3-23H2,1-2H3/t25-,27+. The van der Waals surface area contributed by atoms with Gasteiger partial charge in [0.05, 0.1) is 12.0 Å². The van der Waals surface area contributed by atoms with Gasteiger partial charge in [-0.25, -0.2) is 0 Å². The van der Waals surface area contributed by atoms with E-state index in [0.29, 0.717) is 6.61 Å². The predicted molar refractivity (Wildman–Crippen MR) is 126 cm³/mol. The number of carbonyl (C=O) groups excluding carboxylic acids is 1. The summed E-state index contributed by atoms with van der Waals surface area (Å²) in [5, 5.41) is 0.